The van der Waals surface area contributed by atoms with E-state index in [2.05, 4.69) is 26.1 Å². The molecular formula is C11H23BrN2O. The molecule has 90 valence electrons. The standard InChI is InChI=1S/C11H23BrN2O/c1-8(2)10(12)11(15)13-9(3)6-7-14(4)5/h8-10H,6-7H2,1-5H3,(H,13,15). The smallest absolute Gasteiger partial charge is 0.234 e. The fraction of sp³-hybridized carbons (Fsp3) is 0.909. The van der Waals surface area contributed by atoms with Gasteiger partial charge in [-0.1, -0.05) is 29.8 Å². The predicted octanol–water partition coefficient (Wildman–Crippen LogP) is 1.86. The molecule has 0 spiro atoms. The van der Waals surface area contributed by atoms with Gasteiger partial charge in [0, 0.05) is 6.04 Å². The molecule has 0 aliphatic carbocycles. The van der Waals surface area contributed by atoms with Crippen LogP contribution < -0.4 is 5.32 Å². The number of halogens is 1. The minimum atomic E-state index is -0.0840. The summed E-state index contributed by atoms with van der Waals surface area (Å²) in [6.07, 6.45) is 0.983. The molecule has 1 amide bonds. The molecule has 0 aliphatic rings. The topological polar surface area (TPSA) is 32.3 Å². The van der Waals surface area contributed by atoms with E-state index in [0.717, 1.165) is 13.0 Å². The van der Waals surface area contributed by atoms with E-state index < -0.39 is 0 Å². The normalized spacial score (nSPS) is 15.5. The zero-order chi connectivity index (χ0) is 12.0. The summed E-state index contributed by atoms with van der Waals surface area (Å²) < 4.78 is 0. The lowest BCUT2D eigenvalue weighted by atomic mass is 10.1. The molecule has 0 saturated carbocycles. The Hall–Kier alpha value is -0.0900. The van der Waals surface area contributed by atoms with Crippen molar-refractivity contribution in [2.24, 2.45) is 5.92 Å². The van der Waals surface area contributed by atoms with Gasteiger partial charge in [0.15, 0.2) is 0 Å². The van der Waals surface area contributed by atoms with Crippen LogP contribution in [0.3, 0.4) is 0 Å². The molecule has 0 aromatic carbocycles. The molecule has 0 fully saturated rings. The minimum absolute atomic E-state index is 0.0840. The average molecular weight is 279 g/mol. The van der Waals surface area contributed by atoms with Crippen molar-refractivity contribution in [3.63, 3.8) is 0 Å². The maximum absolute atomic E-state index is 11.7. The molecule has 15 heavy (non-hydrogen) atoms. The van der Waals surface area contributed by atoms with E-state index in [9.17, 15) is 4.79 Å². The van der Waals surface area contributed by atoms with Crippen LogP contribution in [0.15, 0.2) is 0 Å². The Morgan fingerprint density at radius 3 is 2.27 bits per heavy atom. The van der Waals surface area contributed by atoms with E-state index in [0.29, 0.717) is 5.92 Å². The first-order valence-electron chi connectivity index (χ1n) is 5.43. The highest BCUT2D eigenvalue weighted by atomic mass is 79.9. The fourth-order valence-corrected chi connectivity index (χ4v) is 1.28. The highest BCUT2D eigenvalue weighted by Crippen LogP contribution is 2.12. The van der Waals surface area contributed by atoms with Crippen LogP contribution in [0.5, 0.6) is 0 Å². The monoisotopic (exact) mass is 278 g/mol. The molecule has 2 atom stereocenters. The second-order valence-corrected chi connectivity index (χ2v) is 5.63. The summed E-state index contributed by atoms with van der Waals surface area (Å²) in [6, 6.07) is 0.235. The molecule has 0 aromatic heterocycles. The summed E-state index contributed by atoms with van der Waals surface area (Å²) in [7, 11) is 4.08. The summed E-state index contributed by atoms with van der Waals surface area (Å²) in [5.74, 6) is 0.419. The first-order valence-corrected chi connectivity index (χ1v) is 6.35. The van der Waals surface area contributed by atoms with Crippen LogP contribution in [0, 0.1) is 5.92 Å². The Morgan fingerprint density at radius 1 is 1.33 bits per heavy atom. The van der Waals surface area contributed by atoms with Crippen molar-refractivity contribution in [3.8, 4) is 0 Å². The van der Waals surface area contributed by atoms with Gasteiger partial charge in [-0.25, -0.2) is 0 Å². The van der Waals surface area contributed by atoms with Crippen molar-refractivity contribution >= 4 is 21.8 Å². The maximum atomic E-state index is 11.7. The number of carbonyl (C=O) groups is 1. The van der Waals surface area contributed by atoms with Crippen LogP contribution in [0.1, 0.15) is 27.2 Å². The van der Waals surface area contributed by atoms with E-state index in [-0.39, 0.29) is 16.8 Å². The van der Waals surface area contributed by atoms with E-state index in [1.165, 1.54) is 0 Å². The first kappa shape index (κ1) is 14.9. The third kappa shape index (κ3) is 6.90. The number of hydrogen-bond donors (Lipinski definition) is 1. The van der Waals surface area contributed by atoms with Gasteiger partial charge >= 0.3 is 0 Å². The summed E-state index contributed by atoms with van der Waals surface area (Å²) in [5, 5.41) is 3.00. The van der Waals surface area contributed by atoms with Gasteiger partial charge in [0.1, 0.15) is 0 Å². The molecular weight excluding hydrogens is 256 g/mol. The molecule has 0 radical (unpaired) electrons. The highest BCUT2D eigenvalue weighted by Gasteiger charge is 2.19. The molecule has 0 bridgehead atoms. The molecule has 1 N–H and O–H groups in total. The Balaban J connectivity index is 3.85. The zero-order valence-electron chi connectivity index (χ0n) is 10.4. The molecule has 2 unspecified atom stereocenters. The van der Waals surface area contributed by atoms with E-state index >= 15 is 0 Å². The van der Waals surface area contributed by atoms with Gasteiger partial charge in [-0.15, -0.1) is 0 Å². The lowest BCUT2D eigenvalue weighted by molar-refractivity contribution is -0.121. The van der Waals surface area contributed by atoms with Crippen molar-refractivity contribution in [3.05, 3.63) is 0 Å². The summed E-state index contributed by atoms with van der Waals surface area (Å²) in [6.45, 7) is 7.10. The van der Waals surface area contributed by atoms with Gasteiger partial charge in [0.05, 0.1) is 4.83 Å². The van der Waals surface area contributed by atoms with Crippen molar-refractivity contribution < 1.29 is 4.79 Å². The Morgan fingerprint density at radius 2 is 1.87 bits per heavy atom. The Kier molecular flexibility index (Phi) is 7.18. The van der Waals surface area contributed by atoms with Crippen LogP contribution in [-0.2, 0) is 4.79 Å². The van der Waals surface area contributed by atoms with Crippen LogP contribution in [0.4, 0.5) is 0 Å². The molecule has 4 heteroatoms. The first-order chi connectivity index (χ1) is 6.84. The lowest BCUT2D eigenvalue weighted by Gasteiger charge is -2.20. The molecule has 0 saturated heterocycles. The van der Waals surface area contributed by atoms with Crippen LogP contribution >= 0.6 is 15.9 Å². The number of amides is 1. The molecule has 0 aliphatic heterocycles. The third-order valence-corrected chi connectivity index (χ3v) is 3.71. The molecule has 0 aromatic rings. The molecule has 3 nitrogen and oxygen atoms in total. The zero-order valence-corrected chi connectivity index (χ0v) is 12.0. The fourth-order valence-electron chi connectivity index (χ4n) is 1.15. The van der Waals surface area contributed by atoms with Crippen molar-refractivity contribution in [2.75, 3.05) is 20.6 Å². The van der Waals surface area contributed by atoms with Crippen LogP contribution in [0.25, 0.3) is 0 Å². The largest absolute Gasteiger partial charge is 0.353 e. The minimum Gasteiger partial charge on any atom is -0.353 e. The van der Waals surface area contributed by atoms with Gasteiger partial charge < -0.3 is 10.2 Å². The third-order valence-electron chi connectivity index (χ3n) is 2.23. The quantitative estimate of drug-likeness (QED) is 0.753. The van der Waals surface area contributed by atoms with Gasteiger partial charge in [-0.3, -0.25) is 4.79 Å². The number of rotatable bonds is 6. The number of carbonyl (C=O) groups excluding carboxylic acids is 1. The second-order valence-electron chi connectivity index (χ2n) is 4.65. The maximum Gasteiger partial charge on any atom is 0.234 e. The van der Waals surface area contributed by atoms with E-state index in [1.54, 1.807) is 0 Å². The highest BCUT2D eigenvalue weighted by molar-refractivity contribution is 9.10. The van der Waals surface area contributed by atoms with Gasteiger partial charge in [-0.2, -0.15) is 0 Å². The number of alkyl halides is 1. The SMILES string of the molecule is CC(CCN(C)C)NC(=O)C(Br)C(C)C. The second kappa shape index (κ2) is 7.23. The number of nitrogens with zero attached hydrogens (tertiary/aromatic N) is 1. The van der Waals surface area contributed by atoms with Crippen molar-refractivity contribution in [1.82, 2.24) is 10.2 Å². The van der Waals surface area contributed by atoms with E-state index in [1.807, 2.05) is 34.9 Å². The number of hydrogen-bond acceptors (Lipinski definition) is 2. The van der Waals surface area contributed by atoms with Crippen molar-refractivity contribution in [1.29, 1.82) is 0 Å². The summed E-state index contributed by atoms with van der Waals surface area (Å²) in [5.41, 5.74) is 0. The Labute approximate surface area is 102 Å². The van der Waals surface area contributed by atoms with Gasteiger partial charge in [-0.05, 0) is 39.9 Å². The lowest BCUT2D eigenvalue weighted by Crippen LogP contribution is -2.40. The number of nitrogens with one attached hydrogen (secondary N) is 1. The van der Waals surface area contributed by atoms with Crippen LogP contribution in [0.2, 0.25) is 0 Å². The van der Waals surface area contributed by atoms with Crippen LogP contribution in [-0.4, -0.2) is 42.3 Å². The van der Waals surface area contributed by atoms with E-state index in [4.69, 9.17) is 0 Å². The summed E-state index contributed by atoms with van der Waals surface area (Å²) in [4.78, 5) is 13.7. The van der Waals surface area contributed by atoms with Gasteiger partial charge in [0.25, 0.3) is 0 Å². The predicted molar refractivity (Wildman–Crippen MR) is 68.3 cm³/mol. The van der Waals surface area contributed by atoms with Gasteiger partial charge in [0.2, 0.25) is 5.91 Å². The van der Waals surface area contributed by atoms with Crippen molar-refractivity contribution in [2.45, 2.75) is 38.1 Å². The molecule has 0 heterocycles. The average Bonchev–Trinajstić information content (AvgIpc) is 2.13. The Bertz CT molecular complexity index is 195. The molecule has 0 rings (SSSR count). The summed E-state index contributed by atoms with van der Waals surface area (Å²) >= 11 is 3.39.